The molecule has 5 rings (SSSR count). The van der Waals surface area contributed by atoms with Crippen LogP contribution in [0.25, 0.3) is 22.4 Å². The molecule has 3 heterocycles. The second-order valence-electron chi connectivity index (χ2n) is 10.9. The average Bonchev–Trinajstić information content (AvgIpc) is 3.20. The van der Waals surface area contributed by atoms with Crippen LogP contribution >= 0.6 is 0 Å². The molecule has 2 fully saturated rings. The lowest BCUT2D eigenvalue weighted by Gasteiger charge is -2.43. The molecule has 0 bridgehead atoms. The Morgan fingerprint density at radius 2 is 1.61 bits per heavy atom. The number of hydrogen-bond acceptors (Lipinski definition) is 5. The Kier molecular flexibility index (Phi) is 6.98. The molecule has 36 heavy (non-hydrogen) atoms. The number of fused-ring (bicyclic) bond motifs is 1. The summed E-state index contributed by atoms with van der Waals surface area (Å²) < 4.78 is 25.4. The van der Waals surface area contributed by atoms with E-state index in [1.165, 1.54) is 63.0 Å². The summed E-state index contributed by atoms with van der Waals surface area (Å²) >= 11 is 0. The van der Waals surface area contributed by atoms with Gasteiger partial charge in [-0.3, -0.25) is 0 Å². The van der Waals surface area contributed by atoms with E-state index >= 15 is 0 Å². The topological polar surface area (TPSA) is 84.5 Å². The summed E-state index contributed by atoms with van der Waals surface area (Å²) in [6.07, 6.45) is 5.00. The minimum absolute atomic E-state index is 0.111. The van der Waals surface area contributed by atoms with Gasteiger partial charge in [-0.2, -0.15) is 0 Å². The van der Waals surface area contributed by atoms with Crippen molar-refractivity contribution in [3.8, 4) is 11.4 Å². The molecule has 2 aliphatic rings. The second kappa shape index (κ2) is 9.89. The van der Waals surface area contributed by atoms with Gasteiger partial charge < -0.3 is 14.4 Å². The van der Waals surface area contributed by atoms with Crippen molar-refractivity contribution < 1.29 is 8.42 Å². The van der Waals surface area contributed by atoms with Crippen LogP contribution in [0.2, 0.25) is 0 Å². The van der Waals surface area contributed by atoms with Crippen molar-refractivity contribution in [1.29, 1.82) is 0 Å². The van der Waals surface area contributed by atoms with E-state index in [9.17, 15) is 8.42 Å². The van der Waals surface area contributed by atoms with Crippen LogP contribution in [0, 0.1) is 6.92 Å². The Labute approximate surface area is 215 Å². The number of benzene rings is 2. The summed E-state index contributed by atoms with van der Waals surface area (Å²) in [5.74, 6) is 1.40. The normalized spacial score (nSPS) is 19.5. The van der Waals surface area contributed by atoms with Gasteiger partial charge in [0, 0.05) is 24.7 Å². The third-order valence-corrected chi connectivity index (χ3v) is 9.32. The van der Waals surface area contributed by atoms with Crippen LogP contribution in [0.15, 0.2) is 41.3 Å². The highest BCUT2D eigenvalue weighted by molar-refractivity contribution is 7.89. The van der Waals surface area contributed by atoms with Crippen LogP contribution in [0.1, 0.15) is 56.6 Å². The molecule has 0 saturated carbocycles. The largest absolute Gasteiger partial charge is 0.327 e. The van der Waals surface area contributed by atoms with Crippen molar-refractivity contribution in [3.05, 3.63) is 47.5 Å². The molecule has 3 aromatic rings. The Morgan fingerprint density at radius 1 is 0.972 bits per heavy atom. The molecule has 0 amide bonds. The summed E-state index contributed by atoms with van der Waals surface area (Å²) in [6.45, 7) is 11.6. The molecule has 2 N–H and O–H groups in total. The maximum absolute atomic E-state index is 11.6. The van der Waals surface area contributed by atoms with E-state index in [1.807, 2.05) is 7.05 Å². The molecule has 0 atom stereocenters. The van der Waals surface area contributed by atoms with E-state index in [2.05, 4.69) is 47.3 Å². The molecule has 2 saturated heterocycles. The van der Waals surface area contributed by atoms with Gasteiger partial charge in [-0.25, -0.2) is 18.5 Å². The minimum atomic E-state index is -3.71. The Hall–Kier alpha value is -2.26. The van der Waals surface area contributed by atoms with Gasteiger partial charge in [0.2, 0.25) is 10.0 Å². The molecule has 8 heteroatoms. The van der Waals surface area contributed by atoms with Crippen LogP contribution in [0.5, 0.6) is 0 Å². The van der Waals surface area contributed by atoms with E-state index in [0.29, 0.717) is 12.0 Å². The number of nitrogens with zero attached hydrogens (tertiary/aromatic N) is 4. The Balaban J connectivity index is 1.32. The van der Waals surface area contributed by atoms with Crippen LogP contribution < -0.4 is 5.14 Å². The SMILES string of the molecule is Cc1cc(C2CCN(C3CCN(C(C)C)CC3)CC2)cc2c1nc(-c1ccc(S(N)(=O)=O)cc1)n2C. The van der Waals surface area contributed by atoms with Gasteiger partial charge in [0.05, 0.1) is 15.9 Å². The average molecular weight is 510 g/mol. The second-order valence-corrected chi connectivity index (χ2v) is 12.5. The van der Waals surface area contributed by atoms with Crippen molar-refractivity contribution in [1.82, 2.24) is 19.4 Å². The lowest BCUT2D eigenvalue weighted by Crippen LogP contribution is -2.48. The molecule has 0 spiro atoms. The Bertz CT molecular complexity index is 1330. The number of likely N-dealkylation sites (tertiary alicyclic amines) is 2. The molecule has 0 radical (unpaired) electrons. The molecular weight excluding hydrogens is 470 g/mol. The number of nitrogens with two attached hydrogens (primary N) is 1. The fourth-order valence-electron chi connectivity index (χ4n) is 6.14. The molecule has 2 aliphatic heterocycles. The first-order valence-electron chi connectivity index (χ1n) is 13.2. The van der Waals surface area contributed by atoms with E-state index in [1.54, 1.807) is 24.3 Å². The maximum Gasteiger partial charge on any atom is 0.238 e. The van der Waals surface area contributed by atoms with Gasteiger partial charge in [-0.1, -0.05) is 6.07 Å². The predicted octanol–water partition coefficient (Wildman–Crippen LogP) is 4.25. The molecular formula is C28H39N5O2S. The van der Waals surface area contributed by atoms with Gasteiger partial charge in [0.15, 0.2) is 0 Å². The van der Waals surface area contributed by atoms with Crippen molar-refractivity contribution >= 4 is 21.1 Å². The van der Waals surface area contributed by atoms with Crippen LogP contribution in [0.3, 0.4) is 0 Å². The van der Waals surface area contributed by atoms with Gasteiger partial charge in [-0.15, -0.1) is 0 Å². The lowest BCUT2D eigenvalue weighted by molar-refractivity contribution is 0.0753. The van der Waals surface area contributed by atoms with Crippen molar-refractivity contribution in [3.63, 3.8) is 0 Å². The highest BCUT2D eigenvalue weighted by Crippen LogP contribution is 2.35. The molecule has 7 nitrogen and oxygen atoms in total. The Morgan fingerprint density at radius 3 is 2.19 bits per heavy atom. The van der Waals surface area contributed by atoms with E-state index in [-0.39, 0.29) is 4.90 Å². The highest BCUT2D eigenvalue weighted by atomic mass is 32.2. The fraction of sp³-hybridized carbons (Fsp3) is 0.536. The quantitative estimate of drug-likeness (QED) is 0.556. The zero-order valence-electron chi connectivity index (χ0n) is 21.9. The van der Waals surface area contributed by atoms with Crippen molar-refractivity contribution in [2.45, 2.75) is 69.4 Å². The third-order valence-electron chi connectivity index (χ3n) is 8.39. The van der Waals surface area contributed by atoms with Crippen molar-refractivity contribution in [2.75, 3.05) is 26.2 Å². The number of imidazole rings is 1. The summed E-state index contributed by atoms with van der Waals surface area (Å²) in [4.78, 5) is 10.4. The molecule has 0 unspecified atom stereocenters. The van der Waals surface area contributed by atoms with Crippen LogP contribution in [0.4, 0.5) is 0 Å². The number of piperidine rings is 2. The molecule has 2 aromatic carbocycles. The maximum atomic E-state index is 11.6. The monoisotopic (exact) mass is 509 g/mol. The fourth-order valence-corrected chi connectivity index (χ4v) is 6.65. The van der Waals surface area contributed by atoms with Crippen molar-refractivity contribution in [2.24, 2.45) is 12.2 Å². The first-order chi connectivity index (χ1) is 17.1. The van der Waals surface area contributed by atoms with Crippen LogP contribution in [-0.2, 0) is 17.1 Å². The van der Waals surface area contributed by atoms with Gasteiger partial charge >= 0.3 is 0 Å². The van der Waals surface area contributed by atoms with Gasteiger partial charge in [0.25, 0.3) is 0 Å². The molecule has 1 aromatic heterocycles. The zero-order chi connectivity index (χ0) is 25.6. The lowest BCUT2D eigenvalue weighted by atomic mass is 9.87. The molecule has 194 valence electrons. The molecule has 0 aliphatic carbocycles. The van der Waals surface area contributed by atoms with E-state index in [4.69, 9.17) is 10.1 Å². The highest BCUT2D eigenvalue weighted by Gasteiger charge is 2.29. The van der Waals surface area contributed by atoms with Gasteiger partial charge in [0.1, 0.15) is 5.82 Å². The summed E-state index contributed by atoms with van der Waals surface area (Å²) in [5, 5.41) is 5.26. The summed E-state index contributed by atoms with van der Waals surface area (Å²) in [7, 11) is -1.68. The zero-order valence-corrected chi connectivity index (χ0v) is 22.8. The standard InChI is InChI=1S/C28H39N5O2S/c1-19(2)32-15-11-24(12-16-32)33-13-9-21(10-14-33)23-17-20(3)27-26(18-23)31(4)28(30-27)22-5-7-25(8-6-22)36(29,34)35/h5-8,17-19,21,24H,9-16H2,1-4H3,(H2,29,34,35). The smallest absolute Gasteiger partial charge is 0.238 e. The summed E-state index contributed by atoms with van der Waals surface area (Å²) in [5.41, 5.74) is 5.60. The number of hydrogen-bond donors (Lipinski definition) is 1. The number of aryl methyl sites for hydroxylation is 2. The number of primary sulfonamides is 1. The predicted molar refractivity (Wildman–Crippen MR) is 146 cm³/mol. The van der Waals surface area contributed by atoms with E-state index < -0.39 is 10.0 Å². The minimum Gasteiger partial charge on any atom is -0.327 e. The first-order valence-corrected chi connectivity index (χ1v) is 14.7. The number of sulfonamides is 1. The third kappa shape index (κ3) is 4.96. The number of aromatic nitrogens is 2. The number of rotatable bonds is 5. The summed E-state index contributed by atoms with van der Waals surface area (Å²) in [6, 6.07) is 12.7. The van der Waals surface area contributed by atoms with Gasteiger partial charge in [-0.05, 0) is 120 Å². The van der Waals surface area contributed by atoms with E-state index in [0.717, 1.165) is 28.5 Å². The first kappa shape index (κ1) is 25.4. The van der Waals surface area contributed by atoms with Crippen LogP contribution in [-0.4, -0.2) is 66.0 Å².